The van der Waals surface area contributed by atoms with E-state index in [1.807, 2.05) is 62.4 Å². The number of nitrogens with two attached hydrogens (primary N) is 1. The normalized spacial score (nSPS) is 11.4. The van der Waals surface area contributed by atoms with Crippen LogP contribution in [-0.4, -0.2) is 14.3 Å². The van der Waals surface area contributed by atoms with Gasteiger partial charge in [0.1, 0.15) is 0 Å². The van der Waals surface area contributed by atoms with Crippen LogP contribution in [0.1, 0.15) is 38.7 Å². The molecule has 0 aliphatic heterocycles. The predicted molar refractivity (Wildman–Crippen MR) is 109 cm³/mol. The molecule has 3 aromatic rings. The topological polar surface area (TPSA) is 89.3 Å². The lowest BCUT2D eigenvalue weighted by Crippen LogP contribution is -2.29. The van der Waals surface area contributed by atoms with E-state index in [2.05, 4.69) is 5.32 Å². The Labute approximate surface area is 165 Å². The molecule has 0 bridgehead atoms. The second kappa shape index (κ2) is 7.96. The quantitative estimate of drug-likeness (QED) is 0.694. The highest BCUT2D eigenvalue weighted by atomic mass is 32.2. The van der Waals surface area contributed by atoms with Crippen molar-refractivity contribution in [3.8, 4) is 0 Å². The average Bonchev–Trinajstić information content (AvgIpc) is 2.67. The molecule has 1 amide bonds. The monoisotopic (exact) mass is 394 g/mol. The van der Waals surface area contributed by atoms with E-state index in [4.69, 9.17) is 5.14 Å². The van der Waals surface area contributed by atoms with E-state index >= 15 is 0 Å². The van der Waals surface area contributed by atoms with Crippen LogP contribution < -0.4 is 10.5 Å². The molecule has 3 rings (SSSR count). The molecule has 0 aliphatic carbocycles. The molecule has 0 unspecified atom stereocenters. The van der Waals surface area contributed by atoms with Gasteiger partial charge in [0.15, 0.2) is 0 Å². The van der Waals surface area contributed by atoms with E-state index in [0.717, 1.165) is 22.3 Å². The highest BCUT2D eigenvalue weighted by Crippen LogP contribution is 2.24. The van der Waals surface area contributed by atoms with Crippen molar-refractivity contribution in [1.29, 1.82) is 0 Å². The van der Waals surface area contributed by atoms with Crippen LogP contribution in [-0.2, 0) is 10.0 Å². The van der Waals surface area contributed by atoms with Crippen LogP contribution in [0, 0.1) is 13.8 Å². The summed E-state index contributed by atoms with van der Waals surface area (Å²) in [6.07, 6.45) is 0. The highest BCUT2D eigenvalue weighted by Gasteiger charge is 2.18. The molecule has 0 saturated heterocycles. The van der Waals surface area contributed by atoms with Gasteiger partial charge in [-0.25, -0.2) is 13.6 Å². The van der Waals surface area contributed by atoms with Gasteiger partial charge in [-0.1, -0.05) is 59.7 Å². The van der Waals surface area contributed by atoms with Gasteiger partial charge in [-0.15, -0.1) is 0 Å². The minimum absolute atomic E-state index is 0.0299. The smallest absolute Gasteiger partial charge is 0.252 e. The number of primary sulfonamides is 1. The van der Waals surface area contributed by atoms with Crippen molar-refractivity contribution in [3.63, 3.8) is 0 Å². The van der Waals surface area contributed by atoms with Crippen molar-refractivity contribution >= 4 is 15.9 Å². The largest absolute Gasteiger partial charge is 0.341 e. The first-order valence-corrected chi connectivity index (χ1v) is 10.4. The maximum Gasteiger partial charge on any atom is 0.252 e. The van der Waals surface area contributed by atoms with Crippen molar-refractivity contribution in [1.82, 2.24) is 5.32 Å². The molecule has 144 valence electrons. The van der Waals surface area contributed by atoms with Crippen molar-refractivity contribution < 1.29 is 13.2 Å². The number of hydrogen-bond acceptors (Lipinski definition) is 3. The maximum atomic E-state index is 12.8. The molecule has 3 N–H and O–H groups in total. The zero-order valence-corrected chi connectivity index (χ0v) is 16.5. The minimum Gasteiger partial charge on any atom is -0.341 e. The second-order valence-corrected chi connectivity index (χ2v) is 8.36. The van der Waals surface area contributed by atoms with Crippen molar-refractivity contribution in [2.75, 3.05) is 0 Å². The number of benzene rings is 3. The van der Waals surface area contributed by atoms with E-state index in [-0.39, 0.29) is 16.8 Å². The molecule has 0 spiro atoms. The molecular weight excluding hydrogens is 372 g/mol. The number of hydrogen-bond donors (Lipinski definition) is 2. The van der Waals surface area contributed by atoms with Crippen LogP contribution in [0.2, 0.25) is 0 Å². The van der Waals surface area contributed by atoms with E-state index in [9.17, 15) is 13.2 Å². The zero-order chi connectivity index (χ0) is 20.3. The molecule has 3 aromatic carbocycles. The average molecular weight is 394 g/mol. The van der Waals surface area contributed by atoms with Crippen LogP contribution in [0.4, 0.5) is 0 Å². The van der Waals surface area contributed by atoms with Crippen LogP contribution in [0.3, 0.4) is 0 Å². The lowest BCUT2D eigenvalue weighted by atomic mass is 9.96. The molecule has 0 heterocycles. The van der Waals surface area contributed by atoms with Gasteiger partial charge in [0.25, 0.3) is 5.91 Å². The fourth-order valence-electron chi connectivity index (χ4n) is 2.89. The Balaban J connectivity index is 1.91. The number of sulfonamides is 1. The number of amides is 1. The summed E-state index contributed by atoms with van der Waals surface area (Å²) in [5, 5.41) is 8.16. The van der Waals surface area contributed by atoms with E-state index < -0.39 is 10.0 Å². The van der Waals surface area contributed by atoms with Gasteiger partial charge in [0.2, 0.25) is 10.0 Å². The highest BCUT2D eigenvalue weighted by molar-refractivity contribution is 7.89. The van der Waals surface area contributed by atoms with Crippen molar-refractivity contribution in [2.45, 2.75) is 24.8 Å². The number of rotatable bonds is 5. The number of carbonyl (C=O) groups is 1. The first kappa shape index (κ1) is 19.8. The lowest BCUT2D eigenvalue weighted by Gasteiger charge is -2.20. The van der Waals surface area contributed by atoms with E-state index in [0.29, 0.717) is 5.56 Å². The van der Waals surface area contributed by atoms with Gasteiger partial charge in [-0.05, 0) is 49.2 Å². The molecule has 28 heavy (non-hydrogen) atoms. The van der Waals surface area contributed by atoms with Gasteiger partial charge in [-0.3, -0.25) is 4.79 Å². The molecular formula is C22H22N2O3S. The van der Waals surface area contributed by atoms with Crippen LogP contribution >= 0.6 is 0 Å². The SMILES string of the molecule is Cc1ccc(C(NC(=O)c2ccc(S(N)(=O)=O)cc2)c2ccc(C)cc2)cc1. The maximum absolute atomic E-state index is 12.8. The molecule has 0 fully saturated rings. The Hall–Kier alpha value is -2.96. The first-order valence-electron chi connectivity index (χ1n) is 8.81. The fraction of sp³-hybridized carbons (Fsp3) is 0.136. The third-order valence-corrected chi connectivity index (χ3v) is 5.47. The zero-order valence-electron chi connectivity index (χ0n) is 15.7. The second-order valence-electron chi connectivity index (χ2n) is 6.80. The third-order valence-electron chi connectivity index (χ3n) is 4.54. The molecule has 0 atom stereocenters. The Morgan fingerprint density at radius 3 is 1.61 bits per heavy atom. The Kier molecular flexibility index (Phi) is 5.63. The van der Waals surface area contributed by atoms with Crippen LogP contribution in [0.25, 0.3) is 0 Å². The molecule has 6 heteroatoms. The Morgan fingerprint density at radius 1 is 0.786 bits per heavy atom. The minimum atomic E-state index is -3.79. The molecule has 0 aromatic heterocycles. The van der Waals surface area contributed by atoms with Crippen LogP contribution in [0.5, 0.6) is 0 Å². The summed E-state index contributed by atoms with van der Waals surface area (Å²) in [6, 6.07) is 21.2. The first-order chi connectivity index (χ1) is 13.2. The summed E-state index contributed by atoms with van der Waals surface area (Å²) in [6.45, 7) is 4.02. The van der Waals surface area contributed by atoms with E-state index in [1.165, 1.54) is 24.3 Å². The van der Waals surface area contributed by atoms with Crippen LogP contribution in [0.15, 0.2) is 77.7 Å². The molecule has 5 nitrogen and oxygen atoms in total. The lowest BCUT2D eigenvalue weighted by molar-refractivity contribution is 0.0943. The Morgan fingerprint density at radius 2 is 1.21 bits per heavy atom. The third kappa shape index (κ3) is 4.65. The van der Waals surface area contributed by atoms with Gasteiger partial charge in [0, 0.05) is 5.56 Å². The molecule has 0 saturated carbocycles. The molecule has 0 radical (unpaired) electrons. The number of aryl methyl sites for hydroxylation is 2. The fourth-order valence-corrected chi connectivity index (χ4v) is 3.40. The van der Waals surface area contributed by atoms with Gasteiger partial charge in [-0.2, -0.15) is 0 Å². The summed E-state index contributed by atoms with van der Waals surface area (Å²) in [4.78, 5) is 12.8. The number of carbonyl (C=O) groups excluding carboxylic acids is 1. The molecule has 0 aliphatic rings. The summed E-state index contributed by atoms with van der Waals surface area (Å²) >= 11 is 0. The van der Waals surface area contributed by atoms with Gasteiger partial charge < -0.3 is 5.32 Å². The summed E-state index contributed by atoms with van der Waals surface area (Å²) in [5.41, 5.74) is 4.55. The Bertz CT molecular complexity index is 1030. The van der Waals surface area contributed by atoms with Crippen molar-refractivity contribution in [2.24, 2.45) is 5.14 Å². The number of nitrogens with one attached hydrogen (secondary N) is 1. The summed E-state index contributed by atoms with van der Waals surface area (Å²) in [5.74, 6) is -0.299. The summed E-state index contributed by atoms with van der Waals surface area (Å²) < 4.78 is 22.8. The predicted octanol–water partition coefficient (Wildman–Crippen LogP) is 3.47. The standard InChI is InChI=1S/C22H22N2O3S/c1-15-3-7-17(8-4-15)21(18-9-5-16(2)6-10-18)24-22(25)19-11-13-20(14-12-19)28(23,26)27/h3-14,21H,1-2H3,(H,24,25)(H2,23,26,27). The van der Waals surface area contributed by atoms with Gasteiger partial charge >= 0.3 is 0 Å². The van der Waals surface area contributed by atoms with Crippen molar-refractivity contribution in [3.05, 3.63) is 101 Å². The van der Waals surface area contributed by atoms with E-state index in [1.54, 1.807) is 0 Å². The summed E-state index contributed by atoms with van der Waals surface area (Å²) in [7, 11) is -3.79. The van der Waals surface area contributed by atoms with Gasteiger partial charge in [0.05, 0.1) is 10.9 Å².